The highest BCUT2D eigenvalue weighted by atomic mass is 28.4. The van der Waals surface area contributed by atoms with Gasteiger partial charge in [0.05, 0.1) is 27.2 Å². The van der Waals surface area contributed by atoms with Crippen LogP contribution in [0.3, 0.4) is 0 Å². The Bertz CT molecular complexity index is 878. The van der Waals surface area contributed by atoms with Gasteiger partial charge in [0.1, 0.15) is 6.04 Å². The number of rotatable bonds is 45. The Hall–Kier alpha value is -1.00. The van der Waals surface area contributed by atoms with Gasteiger partial charge in [-0.25, -0.2) is 0 Å². The van der Waals surface area contributed by atoms with Crippen molar-refractivity contribution in [3.8, 4) is 0 Å². The summed E-state index contributed by atoms with van der Waals surface area (Å²) in [5, 5.41) is 3.06. The van der Waals surface area contributed by atoms with Crippen molar-refractivity contribution >= 4 is 20.6 Å². The van der Waals surface area contributed by atoms with Crippen LogP contribution in [-0.4, -0.2) is 97.6 Å². The zero-order chi connectivity index (χ0) is 43.0. The second-order valence-corrected chi connectivity index (χ2v) is 21.5. The molecule has 0 aliphatic rings. The molecule has 0 spiro atoms. The zero-order valence-corrected chi connectivity index (χ0v) is 41.4. The monoisotopic (exact) mass is 841 g/mol. The van der Waals surface area contributed by atoms with Crippen molar-refractivity contribution < 1.29 is 27.4 Å². The van der Waals surface area contributed by atoms with E-state index in [9.17, 15) is 9.59 Å². The SMILES string of the molecule is CCCCCCCCCCCCCCCCN(CCCCCCCCCCCCCCCC)C(=O)C(C)NC(=O)CCCCC[N+](C)(C)CCC[Si](OC)(OC)OC. The minimum Gasteiger partial charge on any atom is -0.377 e. The van der Waals surface area contributed by atoms with Crippen molar-refractivity contribution in [2.75, 3.05) is 61.6 Å². The lowest BCUT2D eigenvalue weighted by molar-refractivity contribution is -0.890. The summed E-state index contributed by atoms with van der Waals surface area (Å²) in [6.45, 7) is 10.2. The van der Waals surface area contributed by atoms with E-state index in [1.165, 1.54) is 167 Å². The number of amides is 2. The predicted octanol–water partition coefficient (Wildman–Crippen LogP) is 13.2. The van der Waals surface area contributed by atoms with Crippen molar-refractivity contribution in [3.05, 3.63) is 0 Å². The topological polar surface area (TPSA) is 77.1 Å². The van der Waals surface area contributed by atoms with E-state index in [0.717, 1.165) is 75.2 Å². The van der Waals surface area contributed by atoms with Gasteiger partial charge in [0, 0.05) is 53.3 Å². The summed E-state index contributed by atoms with van der Waals surface area (Å²) in [5.41, 5.74) is 0. The number of nitrogens with zero attached hydrogens (tertiary/aromatic N) is 2. The number of carbonyl (C=O) groups excluding carboxylic acids is 2. The first-order valence-corrected chi connectivity index (χ1v) is 27.1. The molecule has 1 N–H and O–H groups in total. The maximum atomic E-state index is 13.7. The van der Waals surface area contributed by atoms with E-state index in [1.54, 1.807) is 21.3 Å². The van der Waals surface area contributed by atoms with Crippen LogP contribution in [0.4, 0.5) is 0 Å². The minimum absolute atomic E-state index is 0.00234. The van der Waals surface area contributed by atoms with Crippen molar-refractivity contribution in [2.24, 2.45) is 0 Å². The third-order valence-corrected chi connectivity index (χ3v) is 15.3. The molecule has 9 heteroatoms. The highest BCUT2D eigenvalue weighted by molar-refractivity contribution is 6.60. The summed E-state index contributed by atoms with van der Waals surface area (Å²) in [4.78, 5) is 28.7. The van der Waals surface area contributed by atoms with Crippen molar-refractivity contribution in [2.45, 2.75) is 245 Å². The van der Waals surface area contributed by atoms with E-state index in [1.807, 2.05) is 6.92 Å². The number of hydrogen-bond donors (Lipinski definition) is 1. The average molecular weight is 841 g/mol. The Morgan fingerprint density at radius 1 is 0.500 bits per heavy atom. The Balaban J connectivity index is 4.56. The van der Waals surface area contributed by atoms with Crippen LogP contribution in [0.2, 0.25) is 6.04 Å². The summed E-state index contributed by atoms with van der Waals surface area (Å²) in [7, 11) is 7.01. The van der Waals surface area contributed by atoms with Crippen molar-refractivity contribution in [1.82, 2.24) is 10.2 Å². The summed E-state index contributed by atoms with van der Waals surface area (Å²) in [6, 6.07) is 0.342. The molecule has 8 nitrogen and oxygen atoms in total. The van der Waals surface area contributed by atoms with Crippen molar-refractivity contribution in [3.63, 3.8) is 0 Å². The lowest BCUT2D eigenvalue weighted by Gasteiger charge is -2.31. The minimum atomic E-state index is -2.53. The molecule has 0 aliphatic carbocycles. The van der Waals surface area contributed by atoms with E-state index in [0.29, 0.717) is 6.42 Å². The second kappa shape index (κ2) is 40.1. The Kier molecular flexibility index (Phi) is 39.4. The largest absolute Gasteiger partial charge is 0.500 e. The molecule has 0 rings (SSSR count). The fourth-order valence-corrected chi connectivity index (χ4v) is 10.1. The maximum absolute atomic E-state index is 13.7. The van der Waals surface area contributed by atoms with Crippen LogP contribution < -0.4 is 5.32 Å². The van der Waals surface area contributed by atoms with E-state index < -0.39 is 14.8 Å². The molecule has 0 radical (unpaired) electrons. The normalized spacial score (nSPS) is 12.6. The van der Waals surface area contributed by atoms with Gasteiger partial charge in [-0.3, -0.25) is 9.59 Å². The molecule has 0 bridgehead atoms. The number of nitrogens with one attached hydrogen (secondary N) is 1. The first-order valence-electron chi connectivity index (χ1n) is 25.2. The first-order chi connectivity index (χ1) is 28.1. The number of carbonyl (C=O) groups is 2. The van der Waals surface area contributed by atoms with Gasteiger partial charge in [-0.2, -0.15) is 0 Å². The molecular weight excluding hydrogens is 739 g/mol. The molecule has 1 unspecified atom stereocenters. The lowest BCUT2D eigenvalue weighted by Crippen LogP contribution is -2.47. The summed E-state index contributed by atoms with van der Waals surface area (Å²) >= 11 is 0. The second-order valence-electron chi connectivity index (χ2n) is 18.4. The first kappa shape index (κ1) is 57.0. The van der Waals surface area contributed by atoms with E-state index in [2.05, 4.69) is 38.2 Å². The van der Waals surface area contributed by atoms with Crippen LogP contribution in [0.25, 0.3) is 0 Å². The third-order valence-electron chi connectivity index (χ3n) is 12.5. The Labute approximate surface area is 363 Å². The van der Waals surface area contributed by atoms with Gasteiger partial charge in [0.2, 0.25) is 11.8 Å². The summed E-state index contributed by atoms with van der Waals surface area (Å²) in [5.74, 6) is 0.0989. The molecular formula is C49H102N3O5Si+. The van der Waals surface area contributed by atoms with Gasteiger partial charge in [-0.1, -0.05) is 181 Å². The van der Waals surface area contributed by atoms with Gasteiger partial charge >= 0.3 is 8.80 Å². The Morgan fingerprint density at radius 2 is 0.828 bits per heavy atom. The van der Waals surface area contributed by atoms with E-state index >= 15 is 0 Å². The third kappa shape index (κ3) is 33.7. The zero-order valence-electron chi connectivity index (χ0n) is 40.4. The van der Waals surface area contributed by atoms with E-state index in [4.69, 9.17) is 13.3 Å². The highest BCUT2D eigenvalue weighted by Gasteiger charge is 2.37. The van der Waals surface area contributed by atoms with Crippen LogP contribution in [0, 0.1) is 0 Å². The Morgan fingerprint density at radius 3 is 1.19 bits per heavy atom. The van der Waals surface area contributed by atoms with Crippen molar-refractivity contribution in [1.29, 1.82) is 0 Å². The average Bonchev–Trinajstić information content (AvgIpc) is 3.21. The molecule has 0 saturated carbocycles. The molecule has 0 aromatic rings. The molecule has 0 heterocycles. The van der Waals surface area contributed by atoms with Crippen LogP contribution in [0.15, 0.2) is 0 Å². The molecule has 58 heavy (non-hydrogen) atoms. The van der Waals surface area contributed by atoms with Gasteiger partial charge in [-0.15, -0.1) is 0 Å². The fraction of sp³-hybridized carbons (Fsp3) is 0.959. The standard InChI is InChI=1S/C49H101N3O5Si/c1-9-11-13-15-17-19-21-23-25-27-29-31-33-37-42-51(43-38-34-32-30-28-26-24-22-20-18-16-14-12-10-2)49(54)47(3)50-48(53)41-36-35-39-44-52(4,5)45-40-46-58(55-6,56-7)57-8/h47H,9-46H2,1-8H3/p+1. The molecule has 2 amide bonds. The van der Waals surface area contributed by atoms with Crippen LogP contribution in [0.5, 0.6) is 0 Å². The van der Waals surface area contributed by atoms with E-state index in [-0.39, 0.29) is 11.8 Å². The summed E-state index contributed by atoms with van der Waals surface area (Å²) < 4.78 is 17.7. The fourth-order valence-electron chi connectivity index (χ4n) is 8.37. The molecule has 0 fully saturated rings. The van der Waals surface area contributed by atoms with Crippen LogP contribution in [-0.2, 0) is 22.9 Å². The smallest absolute Gasteiger partial charge is 0.377 e. The molecule has 1 atom stereocenters. The number of unbranched alkanes of at least 4 members (excludes halogenated alkanes) is 28. The predicted molar refractivity (Wildman–Crippen MR) is 251 cm³/mol. The maximum Gasteiger partial charge on any atom is 0.500 e. The van der Waals surface area contributed by atoms with Gasteiger partial charge in [0.25, 0.3) is 0 Å². The quantitative estimate of drug-likeness (QED) is 0.0375. The molecule has 346 valence electrons. The van der Waals surface area contributed by atoms with Crippen LogP contribution >= 0.6 is 0 Å². The van der Waals surface area contributed by atoms with Gasteiger partial charge in [0.15, 0.2) is 0 Å². The summed E-state index contributed by atoms with van der Waals surface area (Å²) in [6.07, 6.45) is 41.8. The highest BCUT2D eigenvalue weighted by Crippen LogP contribution is 2.18. The lowest BCUT2D eigenvalue weighted by atomic mass is 10.0. The van der Waals surface area contributed by atoms with Crippen LogP contribution in [0.1, 0.15) is 233 Å². The number of hydrogen-bond acceptors (Lipinski definition) is 5. The molecule has 0 aromatic heterocycles. The molecule has 0 aliphatic heterocycles. The molecule has 0 aromatic carbocycles. The number of quaternary nitrogens is 1. The van der Waals surface area contributed by atoms with Gasteiger partial charge in [-0.05, 0) is 39.0 Å². The molecule has 0 saturated heterocycles. The van der Waals surface area contributed by atoms with Gasteiger partial charge < -0.3 is 28.0 Å².